The Bertz CT molecular complexity index is 563. The number of methoxy groups -OCH3 is 1. The van der Waals surface area contributed by atoms with Crippen molar-refractivity contribution >= 4 is 5.97 Å². The largest absolute Gasteiger partial charge is 0.464 e. The fraction of sp³-hybridized carbons (Fsp3) is 0.353. The normalized spacial score (nSPS) is 12.1. The van der Waals surface area contributed by atoms with E-state index < -0.39 is 0 Å². The Labute approximate surface area is 125 Å². The summed E-state index contributed by atoms with van der Waals surface area (Å²) in [5.74, 6) is -0.335. The van der Waals surface area contributed by atoms with Gasteiger partial charge in [-0.05, 0) is 37.5 Å². The van der Waals surface area contributed by atoms with Crippen LogP contribution in [0.3, 0.4) is 0 Å². The molecule has 0 aliphatic rings. The SMILES string of the molecule is COC(=O)c1ccc(CNC(C)CCc2ccccc2)[nH]1. The number of rotatable bonds is 7. The molecule has 0 saturated carbocycles. The number of esters is 1. The van der Waals surface area contributed by atoms with Gasteiger partial charge in [-0.3, -0.25) is 0 Å². The fourth-order valence-electron chi connectivity index (χ4n) is 2.19. The van der Waals surface area contributed by atoms with Gasteiger partial charge in [0.15, 0.2) is 0 Å². The first-order valence-corrected chi connectivity index (χ1v) is 7.22. The Morgan fingerprint density at radius 2 is 2.00 bits per heavy atom. The van der Waals surface area contributed by atoms with E-state index in [0.717, 1.165) is 18.5 Å². The molecule has 1 heterocycles. The number of aryl methyl sites for hydroxylation is 1. The summed E-state index contributed by atoms with van der Waals surface area (Å²) in [6.07, 6.45) is 2.14. The number of carbonyl (C=O) groups is 1. The molecule has 0 saturated heterocycles. The summed E-state index contributed by atoms with van der Waals surface area (Å²) in [4.78, 5) is 14.4. The van der Waals surface area contributed by atoms with Crippen molar-refractivity contribution in [3.8, 4) is 0 Å². The summed E-state index contributed by atoms with van der Waals surface area (Å²) in [6, 6.07) is 14.5. The molecule has 0 aliphatic carbocycles. The summed E-state index contributed by atoms with van der Waals surface area (Å²) in [7, 11) is 1.38. The Balaban J connectivity index is 1.75. The number of nitrogens with one attached hydrogen (secondary N) is 2. The topological polar surface area (TPSA) is 54.1 Å². The van der Waals surface area contributed by atoms with Crippen LogP contribution in [0.25, 0.3) is 0 Å². The summed E-state index contributed by atoms with van der Waals surface area (Å²) in [5, 5.41) is 3.46. The van der Waals surface area contributed by atoms with E-state index in [0.29, 0.717) is 18.3 Å². The molecule has 4 nitrogen and oxygen atoms in total. The molecule has 0 spiro atoms. The highest BCUT2D eigenvalue weighted by atomic mass is 16.5. The van der Waals surface area contributed by atoms with E-state index in [1.165, 1.54) is 12.7 Å². The standard InChI is InChI=1S/C17H22N2O2/c1-13(8-9-14-6-4-3-5-7-14)18-12-15-10-11-16(19-15)17(20)21-2/h3-7,10-11,13,18-19H,8-9,12H2,1-2H3. The maximum absolute atomic E-state index is 11.4. The molecule has 2 rings (SSSR count). The van der Waals surface area contributed by atoms with Crippen molar-refractivity contribution in [2.75, 3.05) is 7.11 Å². The predicted octanol–water partition coefficient (Wildman–Crippen LogP) is 2.91. The van der Waals surface area contributed by atoms with Gasteiger partial charge in [0.2, 0.25) is 0 Å². The first-order chi connectivity index (χ1) is 10.2. The zero-order chi connectivity index (χ0) is 15.1. The van der Waals surface area contributed by atoms with Gasteiger partial charge in [-0.1, -0.05) is 30.3 Å². The van der Waals surface area contributed by atoms with Gasteiger partial charge in [-0.2, -0.15) is 0 Å². The Kier molecular flexibility index (Phi) is 5.58. The Hall–Kier alpha value is -2.07. The van der Waals surface area contributed by atoms with E-state index in [1.54, 1.807) is 6.07 Å². The van der Waals surface area contributed by atoms with Crippen LogP contribution >= 0.6 is 0 Å². The highest BCUT2D eigenvalue weighted by molar-refractivity contribution is 5.87. The fourth-order valence-corrected chi connectivity index (χ4v) is 2.19. The summed E-state index contributed by atoms with van der Waals surface area (Å²) < 4.78 is 4.67. The van der Waals surface area contributed by atoms with Crippen molar-refractivity contribution in [3.05, 3.63) is 59.4 Å². The zero-order valence-corrected chi connectivity index (χ0v) is 12.6. The molecule has 2 N–H and O–H groups in total. The number of aromatic nitrogens is 1. The highest BCUT2D eigenvalue weighted by Crippen LogP contribution is 2.07. The number of benzene rings is 1. The molecule has 1 aromatic carbocycles. The minimum absolute atomic E-state index is 0.335. The van der Waals surface area contributed by atoms with Gasteiger partial charge < -0.3 is 15.0 Å². The smallest absolute Gasteiger partial charge is 0.354 e. The Morgan fingerprint density at radius 3 is 2.71 bits per heavy atom. The number of ether oxygens (including phenoxy) is 1. The van der Waals surface area contributed by atoms with Crippen molar-refractivity contribution < 1.29 is 9.53 Å². The van der Waals surface area contributed by atoms with E-state index in [4.69, 9.17) is 0 Å². The van der Waals surface area contributed by atoms with Crippen LogP contribution in [-0.2, 0) is 17.7 Å². The second-order valence-electron chi connectivity index (χ2n) is 5.20. The first-order valence-electron chi connectivity index (χ1n) is 7.22. The molecule has 1 aromatic heterocycles. The maximum atomic E-state index is 11.4. The summed E-state index contributed by atoms with van der Waals surface area (Å²) in [6.45, 7) is 2.89. The van der Waals surface area contributed by atoms with Crippen molar-refractivity contribution in [2.24, 2.45) is 0 Å². The van der Waals surface area contributed by atoms with Gasteiger partial charge in [-0.25, -0.2) is 4.79 Å². The lowest BCUT2D eigenvalue weighted by molar-refractivity contribution is 0.0594. The van der Waals surface area contributed by atoms with Crippen molar-refractivity contribution in [1.82, 2.24) is 10.3 Å². The number of aromatic amines is 1. The van der Waals surface area contributed by atoms with E-state index in [-0.39, 0.29) is 5.97 Å². The summed E-state index contributed by atoms with van der Waals surface area (Å²) in [5.41, 5.74) is 2.84. The van der Waals surface area contributed by atoms with Crippen LogP contribution in [0.5, 0.6) is 0 Å². The number of hydrogen-bond acceptors (Lipinski definition) is 3. The van der Waals surface area contributed by atoms with Crippen LogP contribution in [0.15, 0.2) is 42.5 Å². The van der Waals surface area contributed by atoms with Crippen LogP contribution in [0.1, 0.15) is 35.1 Å². The molecule has 4 heteroatoms. The Morgan fingerprint density at radius 1 is 1.24 bits per heavy atom. The molecule has 112 valence electrons. The molecule has 0 radical (unpaired) electrons. The van der Waals surface area contributed by atoms with E-state index in [1.807, 2.05) is 12.1 Å². The van der Waals surface area contributed by atoms with Gasteiger partial charge in [0.05, 0.1) is 7.11 Å². The van der Waals surface area contributed by atoms with E-state index >= 15 is 0 Å². The lowest BCUT2D eigenvalue weighted by Gasteiger charge is -2.13. The number of hydrogen-bond donors (Lipinski definition) is 2. The van der Waals surface area contributed by atoms with E-state index in [9.17, 15) is 4.79 Å². The third-order valence-corrected chi connectivity index (χ3v) is 3.50. The number of carbonyl (C=O) groups excluding carboxylic acids is 1. The van der Waals surface area contributed by atoms with Gasteiger partial charge >= 0.3 is 5.97 Å². The van der Waals surface area contributed by atoms with Crippen molar-refractivity contribution in [2.45, 2.75) is 32.4 Å². The van der Waals surface area contributed by atoms with Gasteiger partial charge in [0.1, 0.15) is 5.69 Å². The molecular formula is C17H22N2O2. The molecule has 0 amide bonds. The highest BCUT2D eigenvalue weighted by Gasteiger charge is 2.08. The van der Waals surface area contributed by atoms with E-state index in [2.05, 4.69) is 46.2 Å². The van der Waals surface area contributed by atoms with Gasteiger partial charge in [0.25, 0.3) is 0 Å². The average molecular weight is 286 g/mol. The lowest BCUT2D eigenvalue weighted by atomic mass is 10.1. The molecule has 1 atom stereocenters. The second kappa shape index (κ2) is 7.64. The second-order valence-corrected chi connectivity index (χ2v) is 5.20. The molecule has 0 bridgehead atoms. The minimum atomic E-state index is -0.335. The van der Waals surface area contributed by atoms with Crippen LogP contribution < -0.4 is 5.32 Å². The maximum Gasteiger partial charge on any atom is 0.354 e. The van der Waals surface area contributed by atoms with Crippen LogP contribution in [-0.4, -0.2) is 24.1 Å². The van der Waals surface area contributed by atoms with Crippen LogP contribution in [0.4, 0.5) is 0 Å². The molecule has 21 heavy (non-hydrogen) atoms. The average Bonchev–Trinajstić information content (AvgIpc) is 3.00. The quantitative estimate of drug-likeness (QED) is 0.769. The molecule has 0 aliphatic heterocycles. The van der Waals surface area contributed by atoms with Gasteiger partial charge in [0, 0.05) is 18.3 Å². The minimum Gasteiger partial charge on any atom is -0.464 e. The third kappa shape index (κ3) is 4.76. The number of H-pyrrole nitrogens is 1. The van der Waals surface area contributed by atoms with Crippen molar-refractivity contribution in [1.29, 1.82) is 0 Å². The predicted molar refractivity (Wildman–Crippen MR) is 83.2 cm³/mol. The molecular weight excluding hydrogens is 264 g/mol. The van der Waals surface area contributed by atoms with Crippen molar-refractivity contribution in [3.63, 3.8) is 0 Å². The third-order valence-electron chi connectivity index (χ3n) is 3.50. The zero-order valence-electron chi connectivity index (χ0n) is 12.6. The molecule has 2 aromatic rings. The van der Waals surface area contributed by atoms with Gasteiger partial charge in [-0.15, -0.1) is 0 Å². The molecule has 1 unspecified atom stereocenters. The molecule has 0 fully saturated rings. The monoisotopic (exact) mass is 286 g/mol. The first kappa shape index (κ1) is 15.3. The van der Waals surface area contributed by atoms with Crippen LogP contribution in [0.2, 0.25) is 0 Å². The lowest BCUT2D eigenvalue weighted by Crippen LogP contribution is -2.26. The van der Waals surface area contributed by atoms with Crippen LogP contribution in [0, 0.1) is 0 Å². The summed E-state index contributed by atoms with van der Waals surface area (Å²) >= 11 is 0.